The molecule has 0 bridgehead atoms. The van der Waals surface area contributed by atoms with E-state index >= 15 is 0 Å². The maximum absolute atomic E-state index is 12.8. The molecule has 1 aliphatic heterocycles. The zero-order valence-electron chi connectivity index (χ0n) is 16.3. The normalized spacial score (nSPS) is 16.2. The monoisotopic (exact) mass is 402 g/mol. The second kappa shape index (κ2) is 8.10. The summed E-state index contributed by atoms with van der Waals surface area (Å²) in [4.78, 5) is 26.9. The molecule has 1 heterocycles. The molecule has 1 atom stereocenters. The van der Waals surface area contributed by atoms with Crippen LogP contribution in [0.25, 0.3) is 0 Å². The topological polar surface area (TPSA) is 67.9 Å². The molecule has 0 unspecified atom stereocenters. The van der Waals surface area contributed by atoms with E-state index in [-0.39, 0.29) is 24.8 Å². The highest BCUT2D eigenvalue weighted by Crippen LogP contribution is 2.40. The number of nitrogens with one attached hydrogen (secondary N) is 1. The van der Waals surface area contributed by atoms with Gasteiger partial charge in [-0.2, -0.15) is 0 Å². The van der Waals surface area contributed by atoms with Gasteiger partial charge in [0.25, 0.3) is 0 Å². The molecule has 0 aromatic heterocycles. The minimum absolute atomic E-state index is 0.128. The van der Waals surface area contributed by atoms with Gasteiger partial charge in [-0.05, 0) is 37.1 Å². The molecule has 0 saturated carbocycles. The van der Waals surface area contributed by atoms with Crippen LogP contribution in [-0.4, -0.2) is 32.6 Å². The fourth-order valence-corrected chi connectivity index (χ4v) is 3.51. The summed E-state index contributed by atoms with van der Waals surface area (Å²) >= 11 is 6.23. The van der Waals surface area contributed by atoms with E-state index < -0.39 is 5.92 Å². The van der Waals surface area contributed by atoms with Gasteiger partial charge in [0.15, 0.2) is 0 Å². The number of hydrogen-bond donors (Lipinski definition) is 1. The van der Waals surface area contributed by atoms with Crippen molar-refractivity contribution >= 4 is 34.8 Å². The van der Waals surface area contributed by atoms with E-state index in [2.05, 4.69) is 5.32 Å². The lowest BCUT2D eigenvalue weighted by Gasteiger charge is -2.21. The Balaban J connectivity index is 1.81. The molecule has 2 amide bonds. The molecule has 1 saturated heterocycles. The summed E-state index contributed by atoms with van der Waals surface area (Å²) in [5, 5.41) is 3.32. The van der Waals surface area contributed by atoms with Gasteiger partial charge >= 0.3 is 0 Å². The van der Waals surface area contributed by atoms with Crippen LogP contribution < -0.4 is 19.7 Å². The van der Waals surface area contributed by atoms with Crippen LogP contribution in [0.4, 0.5) is 11.4 Å². The lowest BCUT2D eigenvalue weighted by Crippen LogP contribution is -2.28. The molecule has 1 fully saturated rings. The Bertz CT molecular complexity index is 929. The maximum atomic E-state index is 12.8. The van der Waals surface area contributed by atoms with Gasteiger partial charge in [0.05, 0.1) is 30.8 Å². The summed E-state index contributed by atoms with van der Waals surface area (Å²) in [5.41, 5.74) is 3.33. The highest BCUT2D eigenvalue weighted by atomic mass is 35.5. The summed E-state index contributed by atoms with van der Waals surface area (Å²) in [5.74, 6) is 0.130. The van der Waals surface area contributed by atoms with Crippen molar-refractivity contribution in [2.24, 2.45) is 5.92 Å². The van der Waals surface area contributed by atoms with Crippen LogP contribution in [0.3, 0.4) is 0 Å². The lowest BCUT2D eigenvalue weighted by molar-refractivity contribution is -0.122. The molecule has 2 aromatic carbocycles. The Hall–Kier alpha value is -2.73. The minimum atomic E-state index is -0.460. The van der Waals surface area contributed by atoms with Crippen molar-refractivity contribution in [3.8, 4) is 11.5 Å². The fraction of sp³-hybridized carbons (Fsp3) is 0.333. The van der Waals surface area contributed by atoms with Crippen LogP contribution in [0.15, 0.2) is 30.3 Å². The third kappa shape index (κ3) is 3.92. The first-order valence-electron chi connectivity index (χ1n) is 8.94. The molecule has 148 valence electrons. The van der Waals surface area contributed by atoms with E-state index in [4.69, 9.17) is 21.1 Å². The summed E-state index contributed by atoms with van der Waals surface area (Å²) < 4.78 is 10.6. The number of benzene rings is 2. The molecule has 2 aromatic rings. The van der Waals surface area contributed by atoms with Gasteiger partial charge in [0.2, 0.25) is 11.8 Å². The summed E-state index contributed by atoms with van der Waals surface area (Å²) in [7, 11) is 3.02. The fourth-order valence-electron chi connectivity index (χ4n) is 3.28. The van der Waals surface area contributed by atoms with Crippen LogP contribution in [0, 0.1) is 19.8 Å². The van der Waals surface area contributed by atoms with E-state index in [1.54, 1.807) is 12.1 Å². The summed E-state index contributed by atoms with van der Waals surface area (Å²) in [6, 6.07) is 9.14. The van der Waals surface area contributed by atoms with Gasteiger partial charge in [0.1, 0.15) is 11.5 Å². The van der Waals surface area contributed by atoms with Crippen LogP contribution in [0.5, 0.6) is 11.5 Å². The second-order valence-corrected chi connectivity index (χ2v) is 7.28. The lowest BCUT2D eigenvalue weighted by atomic mass is 10.1. The summed E-state index contributed by atoms with van der Waals surface area (Å²) in [6.45, 7) is 4.16. The van der Waals surface area contributed by atoms with Crippen LogP contribution in [0.2, 0.25) is 5.02 Å². The zero-order chi connectivity index (χ0) is 20.4. The number of ether oxygens (including phenoxy) is 2. The molecular weight excluding hydrogens is 380 g/mol. The number of methoxy groups -OCH3 is 2. The molecule has 6 nitrogen and oxygen atoms in total. The third-order valence-corrected chi connectivity index (χ3v) is 5.19. The Morgan fingerprint density at radius 3 is 2.54 bits per heavy atom. The molecule has 0 radical (unpaired) electrons. The average molecular weight is 403 g/mol. The van der Waals surface area contributed by atoms with Crippen LogP contribution in [0.1, 0.15) is 17.5 Å². The van der Waals surface area contributed by atoms with Crippen molar-refractivity contribution in [3.63, 3.8) is 0 Å². The summed E-state index contributed by atoms with van der Waals surface area (Å²) in [6.07, 6.45) is 0.128. The number of nitrogens with zero attached hydrogens (tertiary/aromatic N) is 1. The van der Waals surface area contributed by atoms with Crippen molar-refractivity contribution in [3.05, 3.63) is 46.5 Å². The number of carbonyl (C=O) groups excluding carboxylic acids is 2. The van der Waals surface area contributed by atoms with Crippen molar-refractivity contribution in [2.45, 2.75) is 20.3 Å². The van der Waals surface area contributed by atoms with E-state index in [1.165, 1.54) is 19.1 Å². The largest absolute Gasteiger partial charge is 0.495 e. The first kappa shape index (κ1) is 20.0. The molecule has 0 spiro atoms. The molecule has 7 heteroatoms. The average Bonchev–Trinajstić information content (AvgIpc) is 3.06. The van der Waals surface area contributed by atoms with Gasteiger partial charge in [-0.15, -0.1) is 0 Å². The molecule has 0 aliphatic carbocycles. The highest BCUT2D eigenvalue weighted by molar-refractivity contribution is 6.32. The number of aryl methyl sites for hydroxylation is 2. The Morgan fingerprint density at radius 2 is 1.86 bits per heavy atom. The van der Waals surface area contributed by atoms with E-state index in [0.717, 1.165) is 16.8 Å². The molecule has 1 aliphatic rings. The van der Waals surface area contributed by atoms with E-state index in [9.17, 15) is 9.59 Å². The second-order valence-electron chi connectivity index (χ2n) is 6.87. The van der Waals surface area contributed by atoms with Crippen molar-refractivity contribution in [1.82, 2.24) is 0 Å². The van der Waals surface area contributed by atoms with Crippen molar-refractivity contribution in [2.75, 3.05) is 31.0 Å². The van der Waals surface area contributed by atoms with Gasteiger partial charge in [-0.1, -0.05) is 23.7 Å². The standard InChI is InChI=1S/C21H23ClN2O4/c1-12-5-6-13(2)16(7-12)23-21(26)14-8-20(25)24(11-14)17-9-15(22)18(27-3)10-19(17)28-4/h5-7,9-10,14H,8,11H2,1-4H3,(H,23,26)/t14-/m1/s1. The Morgan fingerprint density at radius 1 is 1.14 bits per heavy atom. The van der Waals surface area contributed by atoms with Crippen molar-refractivity contribution in [1.29, 1.82) is 0 Å². The highest BCUT2D eigenvalue weighted by Gasteiger charge is 2.36. The van der Waals surface area contributed by atoms with Gasteiger partial charge < -0.3 is 19.7 Å². The van der Waals surface area contributed by atoms with Crippen LogP contribution in [-0.2, 0) is 9.59 Å². The van der Waals surface area contributed by atoms with E-state index in [1.807, 2.05) is 32.0 Å². The maximum Gasteiger partial charge on any atom is 0.229 e. The molecule has 3 rings (SSSR count). The van der Waals surface area contributed by atoms with Gasteiger partial charge in [0, 0.05) is 24.7 Å². The number of halogens is 1. The molecule has 1 N–H and O–H groups in total. The number of carbonyl (C=O) groups is 2. The van der Waals surface area contributed by atoms with Crippen LogP contribution >= 0.6 is 11.6 Å². The van der Waals surface area contributed by atoms with Crippen molar-refractivity contribution < 1.29 is 19.1 Å². The van der Waals surface area contributed by atoms with Gasteiger partial charge in [-0.25, -0.2) is 0 Å². The molecule has 28 heavy (non-hydrogen) atoms. The van der Waals surface area contributed by atoms with Gasteiger partial charge in [-0.3, -0.25) is 9.59 Å². The third-order valence-electron chi connectivity index (χ3n) is 4.89. The number of hydrogen-bond acceptors (Lipinski definition) is 4. The zero-order valence-corrected chi connectivity index (χ0v) is 17.1. The predicted molar refractivity (Wildman–Crippen MR) is 110 cm³/mol. The number of rotatable bonds is 5. The quantitative estimate of drug-likeness (QED) is 0.821. The number of anilines is 2. The Kier molecular flexibility index (Phi) is 5.79. The smallest absolute Gasteiger partial charge is 0.229 e. The Labute approximate surface area is 169 Å². The first-order chi connectivity index (χ1) is 13.3. The minimum Gasteiger partial charge on any atom is -0.495 e. The predicted octanol–water partition coefficient (Wildman–Crippen LogP) is 3.97. The molecular formula is C21H23ClN2O4. The number of amides is 2. The SMILES string of the molecule is COc1cc(OC)c(N2C[C@H](C(=O)Nc3cc(C)ccc3C)CC2=O)cc1Cl. The first-order valence-corrected chi connectivity index (χ1v) is 9.31. The van der Waals surface area contributed by atoms with E-state index in [0.29, 0.717) is 22.2 Å².